The van der Waals surface area contributed by atoms with Gasteiger partial charge in [-0.25, -0.2) is 0 Å². The third-order valence-corrected chi connectivity index (χ3v) is 3.39. The van der Waals surface area contributed by atoms with Crippen molar-refractivity contribution in [2.45, 2.75) is 6.18 Å². The predicted molar refractivity (Wildman–Crippen MR) is 74.3 cm³/mol. The maximum absolute atomic E-state index is 12.6. The van der Waals surface area contributed by atoms with Crippen LogP contribution in [-0.2, 0) is 20.6 Å². The fourth-order valence-electron chi connectivity index (χ4n) is 2.13. The molecule has 1 aromatic carbocycles. The van der Waals surface area contributed by atoms with E-state index in [0.29, 0.717) is 19.5 Å². The van der Waals surface area contributed by atoms with Gasteiger partial charge in [0.25, 0.3) is 0 Å². The monoisotopic (exact) mass is 329 g/mol. The molecule has 0 aliphatic carbocycles. The first-order chi connectivity index (χ1) is 10.8. The molecule has 1 saturated heterocycles. The summed E-state index contributed by atoms with van der Waals surface area (Å²) in [6.45, 7) is 1.03. The van der Waals surface area contributed by atoms with Gasteiger partial charge in [-0.05, 0) is 18.2 Å². The Hall–Kier alpha value is -2.58. The molecule has 0 spiro atoms. The van der Waals surface area contributed by atoms with Gasteiger partial charge >= 0.3 is 18.0 Å². The van der Waals surface area contributed by atoms with Crippen LogP contribution in [-0.4, -0.2) is 54.2 Å². The summed E-state index contributed by atoms with van der Waals surface area (Å²) in [5.41, 5.74) is -1.02. The smallest absolute Gasteiger partial charge is 0.342 e. The molecule has 1 aliphatic rings. The topological polar surface area (TPSA) is 69.7 Å². The number of nitrogens with zero attached hydrogens (tertiary/aromatic N) is 2. The van der Waals surface area contributed by atoms with E-state index in [1.54, 1.807) is 0 Å². The first-order valence-corrected chi connectivity index (χ1v) is 6.78. The number of benzene rings is 1. The van der Waals surface area contributed by atoms with Crippen molar-refractivity contribution in [1.29, 1.82) is 0 Å². The molecule has 1 aliphatic heterocycles. The predicted octanol–water partition coefficient (Wildman–Crippen LogP) is 0.944. The molecule has 2 rings (SSSR count). The molecule has 0 bridgehead atoms. The zero-order valence-corrected chi connectivity index (χ0v) is 12.0. The van der Waals surface area contributed by atoms with Crippen LogP contribution in [0.4, 0.5) is 18.9 Å². The molecule has 0 saturated carbocycles. The molecule has 0 atom stereocenters. The minimum absolute atomic E-state index is 0.107. The lowest BCUT2D eigenvalue weighted by Crippen LogP contribution is -2.51. The molecule has 0 radical (unpaired) electrons. The van der Waals surface area contributed by atoms with E-state index in [2.05, 4.69) is 5.32 Å². The highest BCUT2D eigenvalue weighted by Gasteiger charge is 2.31. The highest BCUT2D eigenvalue weighted by atomic mass is 19.4. The number of halogens is 3. The molecule has 1 fully saturated rings. The summed E-state index contributed by atoms with van der Waals surface area (Å²) in [6, 6.07) is 4.04. The summed E-state index contributed by atoms with van der Waals surface area (Å²) < 4.78 is 37.8. The molecule has 23 heavy (non-hydrogen) atoms. The van der Waals surface area contributed by atoms with Crippen molar-refractivity contribution in [2.75, 3.05) is 31.5 Å². The molecular formula is C14H14F3N3O3. The lowest BCUT2D eigenvalue weighted by atomic mass is 10.2. The van der Waals surface area contributed by atoms with Gasteiger partial charge in [-0.15, -0.1) is 0 Å². The number of hydrogen-bond donors (Lipinski definition) is 1. The zero-order valence-electron chi connectivity index (χ0n) is 12.0. The van der Waals surface area contributed by atoms with E-state index in [4.69, 9.17) is 0 Å². The van der Waals surface area contributed by atoms with Crippen LogP contribution in [0.2, 0.25) is 0 Å². The minimum atomic E-state index is -4.53. The Labute approximate surface area is 129 Å². The second kappa shape index (κ2) is 6.67. The SMILES string of the molecule is O=CN1CCN(C(=O)C(=O)Nc2cccc(C(F)(F)F)c2)CC1. The third kappa shape index (κ3) is 4.21. The van der Waals surface area contributed by atoms with E-state index in [9.17, 15) is 27.6 Å². The summed E-state index contributed by atoms with van der Waals surface area (Å²) in [5.74, 6) is -1.85. The first-order valence-electron chi connectivity index (χ1n) is 6.78. The van der Waals surface area contributed by atoms with E-state index in [0.717, 1.165) is 18.2 Å². The first kappa shape index (κ1) is 16.8. The molecule has 124 valence electrons. The standard InChI is InChI=1S/C14H14F3N3O3/c15-14(16,17)10-2-1-3-11(8-10)18-12(22)13(23)20-6-4-19(9-21)5-7-20/h1-3,8-9H,4-7H2,(H,18,22). The van der Waals surface area contributed by atoms with Crippen LogP contribution in [0, 0.1) is 0 Å². The third-order valence-electron chi connectivity index (χ3n) is 3.39. The summed E-state index contributed by atoms with van der Waals surface area (Å²) in [6.07, 6.45) is -3.87. The highest BCUT2D eigenvalue weighted by molar-refractivity contribution is 6.39. The van der Waals surface area contributed by atoms with Crippen LogP contribution >= 0.6 is 0 Å². The number of piperazine rings is 1. The minimum Gasteiger partial charge on any atom is -0.342 e. The van der Waals surface area contributed by atoms with E-state index >= 15 is 0 Å². The summed E-state index contributed by atoms with van der Waals surface area (Å²) >= 11 is 0. The summed E-state index contributed by atoms with van der Waals surface area (Å²) in [7, 11) is 0. The van der Waals surface area contributed by atoms with E-state index in [-0.39, 0.29) is 18.8 Å². The van der Waals surface area contributed by atoms with Gasteiger partial charge in [0.15, 0.2) is 0 Å². The van der Waals surface area contributed by atoms with Crippen LogP contribution in [0.3, 0.4) is 0 Å². The Balaban J connectivity index is 1.99. The van der Waals surface area contributed by atoms with Gasteiger partial charge in [-0.3, -0.25) is 14.4 Å². The molecule has 0 aromatic heterocycles. The molecule has 1 N–H and O–H groups in total. The Bertz CT molecular complexity index is 611. The van der Waals surface area contributed by atoms with Crippen molar-refractivity contribution < 1.29 is 27.6 Å². The number of carbonyl (C=O) groups is 3. The van der Waals surface area contributed by atoms with Gasteiger partial charge in [0.2, 0.25) is 6.41 Å². The Morgan fingerprint density at radius 3 is 2.35 bits per heavy atom. The zero-order chi connectivity index (χ0) is 17.0. The molecule has 1 heterocycles. The Morgan fingerprint density at radius 2 is 1.78 bits per heavy atom. The number of hydrogen-bond acceptors (Lipinski definition) is 3. The summed E-state index contributed by atoms with van der Waals surface area (Å²) in [5, 5.41) is 2.16. The van der Waals surface area contributed by atoms with Gasteiger partial charge in [-0.2, -0.15) is 13.2 Å². The van der Waals surface area contributed by atoms with Crippen LogP contribution in [0.15, 0.2) is 24.3 Å². The second-order valence-corrected chi connectivity index (χ2v) is 4.97. The highest BCUT2D eigenvalue weighted by Crippen LogP contribution is 2.30. The van der Waals surface area contributed by atoms with Gasteiger partial charge in [0.1, 0.15) is 0 Å². The van der Waals surface area contributed by atoms with Crippen molar-refractivity contribution >= 4 is 23.9 Å². The van der Waals surface area contributed by atoms with Gasteiger partial charge in [0.05, 0.1) is 5.56 Å². The van der Waals surface area contributed by atoms with Crippen LogP contribution < -0.4 is 5.32 Å². The number of alkyl halides is 3. The number of anilines is 1. The van der Waals surface area contributed by atoms with Crippen LogP contribution in [0.25, 0.3) is 0 Å². The number of amides is 3. The van der Waals surface area contributed by atoms with Crippen molar-refractivity contribution in [2.24, 2.45) is 0 Å². The largest absolute Gasteiger partial charge is 0.416 e. The Morgan fingerprint density at radius 1 is 1.13 bits per heavy atom. The van der Waals surface area contributed by atoms with Crippen molar-refractivity contribution in [3.63, 3.8) is 0 Å². The van der Waals surface area contributed by atoms with Gasteiger partial charge in [-0.1, -0.05) is 6.07 Å². The maximum Gasteiger partial charge on any atom is 0.416 e. The van der Waals surface area contributed by atoms with Crippen molar-refractivity contribution in [1.82, 2.24) is 9.80 Å². The van der Waals surface area contributed by atoms with Gasteiger partial charge < -0.3 is 15.1 Å². The maximum atomic E-state index is 12.6. The lowest BCUT2D eigenvalue weighted by molar-refractivity contribution is -0.144. The molecule has 3 amide bonds. The van der Waals surface area contributed by atoms with Crippen molar-refractivity contribution in [3.8, 4) is 0 Å². The fraction of sp³-hybridized carbons (Fsp3) is 0.357. The average molecular weight is 329 g/mol. The van der Waals surface area contributed by atoms with E-state index in [1.165, 1.54) is 15.9 Å². The Kier molecular flexibility index (Phi) is 4.87. The molecular weight excluding hydrogens is 315 g/mol. The fourth-order valence-corrected chi connectivity index (χ4v) is 2.13. The number of carbonyl (C=O) groups excluding carboxylic acids is 3. The number of rotatable bonds is 2. The van der Waals surface area contributed by atoms with Crippen LogP contribution in [0.1, 0.15) is 5.56 Å². The lowest BCUT2D eigenvalue weighted by Gasteiger charge is -2.31. The van der Waals surface area contributed by atoms with Crippen molar-refractivity contribution in [3.05, 3.63) is 29.8 Å². The summed E-state index contributed by atoms with van der Waals surface area (Å²) in [4.78, 5) is 37.1. The normalized spacial score (nSPS) is 15.3. The number of nitrogens with one attached hydrogen (secondary N) is 1. The van der Waals surface area contributed by atoms with E-state index < -0.39 is 23.6 Å². The molecule has 0 unspecified atom stereocenters. The quantitative estimate of drug-likeness (QED) is 0.649. The molecule has 9 heteroatoms. The van der Waals surface area contributed by atoms with Crippen LogP contribution in [0.5, 0.6) is 0 Å². The van der Waals surface area contributed by atoms with Gasteiger partial charge in [0, 0.05) is 31.9 Å². The molecule has 6 nitrogen and oxygen atoms in total. The molecule has 1 aromatic rings. The second-order valence-electron chi connectivity index (χ2n) is 4.97. The van der Waals surface area contributed by atoms with E-state index in [1.807, 2.05) is 0 Å². The average Bonchev–Trinajstić information content (AvgIpc) is 2.53.